The third kappa shape index (κ3) is 4.36. The summed E-state index contributed by atoms with van der Waals surface area (Å²) in [6.07, 6.45) is 0.778. The summed E-state index contributed by atoms with van der Waals surface area (Å²) in [5, 5.41) is 12.2. The molecular weight excluding hydrogens is 292 g/mol. The molecule has 1 aromatic carbocycles. The van der Waals surface area contributed by atoms with Crippen LogP contribution < -0.4 is 10.1 Å². The van der Waals surface area contributed by atoms with Crippen molar-refractivity contribution in [2.24, 2.45) is 0 Å². The van der Waals surface area contributed by atoms with Gasteiger partial charge >= 0.3 is 5.97 Å². The average molecular weight is 307 g/mol. The Morgan fingerprint density at radius 1 is 1.33 bits per heavy atom. The van der Waals surface area contributed by atoms with E-state index in [-0.39, 0.29) is 10.7 Å². The number of aromatic nitrogens is 1. The molecule has 6 heteroatoms. The number of hydrogen-bond donors (Lipinski definition) is 2. The zero-order chi connectivity index (χ0) is 15.2. The van der Waals surface area contributed by atoms with Crippen molar-refractivity contribution in [1.82, 2.24) is 4.98 Å². The van der Waals surface area contributed by atoms with Gasteiger partial charge in [-0.15, -0.1) is 0 Å². The molecule has 0 aliphatic carbocycles. The summed E-state index contributed by atoms with van der Waals surface area (Å²) in [6, 6.07) is 10.5. The van der Waals surface area contributed by atoms with Crippen LogP contribution in [0, 0.1) is 0 Å². The molecule has 0 saturated heterocycles. The largest absolute Gasteiger partial charge is 0.497 e. The molecule has 0 atom stereocenters. The first-order valence-electron chi connectivity index (χ1n) is 6.36. The highest BCUT2D eigenvalue weighted by molar-refractivity contribution is 6.29. The summed E-state index contributed by atoms with van der Waals surface area (Å²) in [5.74, 6) is 0.236. The van der Waals surface area contributed by atoms with Crippen LogP contribution in [-0.2, 0) is 6.42 Å². The van der Waals surface area contributed by atoms with Gasteiger partial charge in [0.25, 0.3) is 0 Å². The van der Waals surface area contributed by atoms with E-state index in [2.05, 4.69) is 10.3 Å². The lowest BCUT2D eigenvalue weighted by Gasteiger charge is -2.07. The van der Waals surface area contributed by atoms with E-state index in [9.17, 15) is 4.79 Å². The van der Waals surface area contributed by atoms with Crippen LogP contribution in [0.25, 0.3) is 0 Å². The van der Waals surface area contributed by atoms with Crippen molar-refractivity contribution in [3.05, 3.63) is 52.7 Å². The number of hydrogen-bond acceptors (Lipinski definition) is 4. The van der Waals surface area contributed by atoms with Crippen LogP contribution in [-0.4, -0.2) is 29.7 Å². The van der Waals surface area contributed by atoms with Gasteiger partial charge in [0.15, 0.2) is 0 Å². The van der Waals surface area contributed by atoms with E-state index >= 15 is 0 Å². The predicted octanol–water partition coefficient (Wildman–Crippen LogP) is 3.10. The van der Waals surface area contributed by atoms with Crippen LogP contribution in [0.3, 0.4) is 0 Å². The molecule has 0 radical (unpaired) electrons. The third-order valence-corrected chi connectivity index (χ3v) is 3.11. The maximum atomic E-state index is 10.9. The first kappa shape index (κ1) is 15.1. The van der Waals surface area contributed by atoms with E-state index in [0.29, 0.717) is 12.4 Å². The average Bonchev–Trinajstić information content (AvgIpc) is 2.47. The molecule has 2 aromatic rings. The van der Waals surface area contributed by atoms with E-state index < -0.39 is 5.97 Å². The molecule has 1 heterocycles. The van der Waals surface area contributed by atoms with E-state index in [1.165, 1.54) is 12.1 Å². The molecule has 5 nitrogen and oxygen atoms in total. The third-order valence-electron chi connectivity index (χ3n) is 2.92. The Kier molecular flexibility index (Phi) is 5.00. The van der Waals surface area contributed by atoms with E-state index in [0.717, 1.165) is 17.7 Å². The van der Waals surface area contributed by atoms with Crippen LogP contribution in [0.5, 0.6) is 5.75 Å². The van der Waals surface area contributed by atoms with Crippen LogP contribution in [0.4, 0.5) is 5.82 Å². The van der Waals surface area contributed by atoms with Crippen molar-refractivity contribution < 1.29 is 14.6 Å². The van der Waals surface area contributed by atoms with Gasteiger partial charge in [-0.3, -0.25) is 0 Å². The number of benzene rings is 1. The number of carboxylic acid groups (broad SMARTS) is 1. The Morgan fingerprint density at radius 3 is 2.67 bits per heavy atom. The minimum atomic E-state index is -1.03. The molecule has 0 aliphatic rings. The number of halogens is 1. The minimum absolute atomic E-state index is 0.113. The van der Waals surface area contributed by atoms with E-state index in [4.69, 9.17) is 21.4 Å². The normalized spacial score (nSPS) is 10.2. The first-order chi connectivity index (χ1) is 10.1. The van der Waals surface area contributed by atoms with Gasteiger partial charge in [-0.2, -0.15) is 0 Å². The van der Waals surface area contributed by atoms with Gasteiger partial charge in [0, 0.05) is 6.54 Å². The molecular formula is C15H15ClN2O3. The fraction of sp³-hybridized carbons (Fsp3) is 0.200. The second-order valence-electron chi connectivity index (χ2n) is 4.39. The maximum absolute atomic E-state index is 10.9. The molecule has 2 rings (SSSR count). The molecule has 21 heavy (non-hydrogen) atoms. The number of pyridine rings is 1. The van der Waals surface area contributed by atoms with E-state index in [1.807, 2.05) is 24.3 Å². The summed E-state index contributed by atoms with van der Waals surface area (Å²) in [5.41, 5.74) is 1.26. The zero-order valence-corrected chi connectivity index (χ0v) is 12.2. The zero-order valence-electron chi connectivity index (χ0n) is 11.5. The van der Waals surface area contributed by atoms with Gasteiger partial charge < -0.3 is 15.2 Å². The van der Waals surface area contributed by atoms with Crippen molar-refractivity contribution in [3.8, 4) is 5.75 Å². The highest BCUT2D eigenvalue weighted by Crippen LogP contribution is 2.15. The van der Waals surface area contributed by atoms with E-state index in [1.54, 1.807) is 7.11 Å². The van der Waals surface area contributed by atoms with Crippen LogP contribution in [0.2, 0.25) is 5.15 Å². The van der Waals surface area contributed by atoms with Crippen molar-refractivity contribution in [2.45, 2.75) is 6.42 Å². The standard InChI is InChI=1S/C15H15ClN2O3/c1-21-12-4-2-10(3-5-12)6-7-17-14-9-11(15(19)20)8-13(16)18-14/h2-5,8-9H,6-7H2,1H3,(H,17,18)(H,19,20). The number of aromatic carboxylic acids is 1. The summed E-state index contributed by atoms with van der Waals surface area (Å²) < 4.78 is 5.10. The van der Waals surface area contributed by atoms with Gasteiger partial charge in [0.05, 0.1) is 12.7 Å². The first-order valence-corrected chi connectivity index (χ1v) is 6.74. The monoisotopic (exact) mass is 306 g/mol. The van der Waals surface area contributed by atoms with Crippen molar-refractivity contribution >= 4 is 23.4 Å². The van der Waals surface area contributed by atoms with Crippen LogP contribution >= 0.6 is 11.6 Å². The number of methoxy groups -OCH3 is 1. The molecule has 0 saturated carbocycles. The Hall–Kier alpha value is -2.27. The molecule has 0 spiro atoms. The van der Waals surface area contributed by atoms with Gasteiger partial charge in [-0.25, -0.2) is 9.78 Å². The van der Waals surface area contributed by atoms with Crippen molar-refractivity contribution in [2.75, 3.05) is 19.0 Å². The number of carboxylic acids is 1. The topological polar surface area (TPSA) is 71.5 Å². The van der Waals surface area contributed by atoms with Crippen LogP contribution in [0.15, 0.2) is 36.4 Å². The second-order valence-corrected chi connectivity index (χ2v) is 4.78. The van der Waals surface area contributed by atoms with Gasteiger partial charge in [0.1, 0.15) is 16.7 Å². The van der Waals surface area contributed by atoms with Gasteiger partial charge in [-0.1, -0.05) is 23.7 Å². The molecule has 0 amide bonds. The maximum Gasteiger partial charge on any atom is 0.335 e. The summed E-state index contributed by atoms with van der Waals surface area (Å²) >= 11 is 5.80. The van der Waals surface area contributed by atoms with Gasteiger partial charge in [-0.05, 0) is 36.2 Å². The molecule has 0 fully saturated rings. The smallest absolute Gasteiger partial charge is 0.335 e. The Labute approximate surface area is 127 Å². The molecule has 0 aliphatic heterocycles. The summed E-state index contributed by atoms with van der Waals surface area (Å²) in [4.78, 5) is 15.0. The molecule has 0 unspecified atom stereocenters. The molecule has 0 bridgehead atoms. The van der Waals surface area contributed by atoms with Gasteiger partial charge in [0.2, 0.25) is 0 Å². The summed E-state index contributed by atoms with van der Waals surface area (Å²) in [6.45, 7) is 0.624. The SMILES string of the molecule is COc1ccc(CCNc2cc(C(=O)O)cc(Cl)n2)cc1. The highest BCUT2D eigenvalue weighted by Gasteiger charge is 2.07. The number of ether oxygens (including phenoxy) is 1. The lowest BCUT2D eigenvalue weighted by molar-refractivity contribution is 0.0697. The van der Waals surface area contributed by atoms with Crippen LogP contribution in [0.1, 0.15) is 15.9 Å². The molecule has 110 valence electrons. The number of nitrogens with one attached hydrogen (secondary N) is 1. The highest BCUT2D eigenvalue weighted by atomic mass is 35.5. The number of nitrogens with zero attached hydrogens (tertiary/aromatic N) is 1. The summed E-state index contributed by atoms with van der Waals surface area (Å²) in [7, 11) is 1.63. The minimum Gasteiger partial charge on any atom is -0.497 e. The number of anilines is 1. The van der Waals surface area contributed by atoms with Crippen molar-refractivity contribution in [1.29, 1.82) is 0 Å². The number of carbonyl (C=O) groups is 1. The Bertz CT molecular complexity index is 629. The lowest BCUT2D eigenvalue weighted by atomic mass is 10.1. The molecule has 1 aromatic heterocycles. The fourth-order valence-corrected chi connectivity index (χ4v) is 2.05. The van der Waals surface area contributed by atoms with Crippen molar-refractivity contribution in [3.63, 3.8) is 0 Å². The lowest BCUT2D eigenvalue weighted by Crippen LogP contribution is -2.08. The molecule has 2 N–H and O–H groups in total. The number of rotatable bonds is 6. The second kappa shape index (κ2) is 6.95. The quantitative estimate of drug-likeness (QED) is 0.802. The Morgan fingerprint density at radius 2 is 2.05 bits per heavy atom. The fourth-order valence-electron chi connectivity index (χ4n) is 1.84. The Balaban J connectivity index is 1.95. The predicted molar refractivity (Wildman–Crippen MR) is 81.4 cm³/mol.